The summed E-state index contributed by atoms with van der Waals surface area (Å²) in [7, 11) is 0. The van der Waals surface area contributed by atoms with Gasteiger partial charge in [-0.25, -0.2) is 0 Å². The molecule has 1 aromatic rings. The third-order valence-corrected chi connectivity index (χ3v) is 4.15. The van der Waals surface area contributed by atoms with Gasteiger partial charge in [0.15, 0.2) is 0 Å². The van der Waals surface area contributed by atoms with Crippen molar-refractivity contribution in [3.8, 4) is 6.07 Å². The van der Waals surface area contributed by atoms with Gasteiger partial charge in [0.25, 0.3) is 5.91 Å². The minimum atomic E-state index is -0.337. The van der Waals surface area contributed by atoms with Gasteiger partial charge in [-0.05, 0) is 36.8 Å². The SMILES string of the molecule is CCCCN(/C=C(/C#N)C(=O)Nc1c(C)cccc1C(C)C)CCC. The maximum Gasteiger partial charge on any atom is 0.267 e. The van der Waals surface area contributed by atoms with Gasteiger partial charge in [0.1, 0.15) is 11.6 Å². The number of nitriles is 1. The van der Waals surface area contributed by atoms with Crippen LogP contribution in [0.3, 0.4) is 0 Å². The predicted molar refractivity (Wildman–Crippen MR) is 104 cm³/mol. The molecule has 0 aliphatic rings. The lowest BCUT2D eigenvalue weighted by atomic mass is 9.98. The molecule has 1 aromatic carbocycles. The van der Waals surface area contributed by atoms with Crippen molar-refractivity contribution in [3.05, 3.63) is 41.1 Å². The molecule has 1 amide bonds. The lowest BCUT2D eigenvalue weighted by Gasteiger charge is -2.20. The predicted octanol–water partition coefficient (Wildman–Crippen LogP) is 4.98. The lowest BCUT2D eigenvalue weighted by Crippen LogP contribution is -2.23. The number of nitrogens with zero attached hydrogens (tertiary/aromatic N) is 2. The number of amides is 1. The van der Waals surface area contributed by atoms with E-state index < -0.39 is 0 Å². The Kier molecular flexibility index (Phi) is 8.77. The fraction of sp³-hybridized carbons (Fsp3) is 0.524. The zero-order valence-corrected chi connectivity index (χ0v) is 16.2. The van der Waals surface area contributed by atoms with Gasteiger partial charge in [-0.3, -0.25) is 4.79 Å². The highest BCUT2D eigenvalue weighted by Gasteiger charge is 2.16. The van der Waals surface area contributed by atoms with Crippen LogP contribution in [0.1, 0.15) is 64.0 Å². The van der Waals surface area contributed by atoms with E-state index in [1.54, 1.807) is 6.20 Å². The maximum atomic E-state index is 12.7. The summed E-state index contributed by atoms with van der Waals surface area (Å²) >= 11 is 0. The summed E-state index contributed by atoms with van der Waals surface area (Å²) < 4.78 is 0. The van der Waals surface area contributed by atoms with Crippen molar-refractivity contribution in [2.75, 3.05) is 18.4 Å². The van der Waals surface area contributed by atoms with Gasteiger partial charge < -0.3 is 10.2 Å². The molecule has 0 atom stereocenters. The first-order chi connectivity index (χ1) is 11.9. The highest BCUT2D eigenvalue weighted by molar-refractivity contribution is 6.07. The fourth-order valence-corrected chi connectivity index (χ4v) is 2.73. The Morgan fingerprint density at radius 3 is 2.56 bits per heavy atom. The first-order valence-corrected chi connectivity index (χ1v) is 9.21. The van der Waals surface area contributed by atoms with Crippen LogP contribution in [0.2, 0.25) is 0 Å². The summed E-state index contributed by atoms with van der Waals surface area (Å²) in [6.07, 6.45) is 4.83. The second-order valence-electron chi connectivity index (χ2n) is 6.69. The number of aryl methyl sites for hydroxylation is 1. The molecule has 4 nitrogen and oxygen atoms in total. The number of hydrogen-bond acceptors (Lipinski definition) is 3. The fourth-order valence-electron chi connectivity index (χ4n) is 2.73. The second-order valence-corrected chi connectivity index (χ2v) is 6.69. The molecule has 4 heteroatoms. The molecular weight excluding hydrogens is 310 g/mol. The van der Waals surface area contributed by atoms with Crippen LogP contribution in [0.15, 0.2) is 30.0 Å². The average Bonchev–Trinajstić information content (AvgIpc) is 2.58. The molecule has 0 bridgehead atoms. The normalized spacial score (nSPS) is 11.3. The number of rotatable bonds is 9. The minimum absolute atomic E-state index is 0.155. The molecule has 0 aromatic heterocycles. The number of carbonyl (C=O) groups is 1. The molecule has 1 rings (SSSR count). The van der Waals surface area contributed by atoms with E-state index in [9.17, 15) is 10.1 Å². The van der Waals surface area contributed by atoms with Crippen LogP contribution in [0.4, 0.5) is 5.69 Å². The summed E-state index contributed by atoms with van der Waals surface area (Å²) in [6, 6.07) is 8.05. The van der Waals surface area contributed by atoms with Crippen molar-refractivity contribution in [1.82, 2.24) is 4.90 Å². The van der Waals surface area contributed by atoms with Crippen LogP contribution in [-0.4, -0.2) is 23.9 Å². The third-order valence-electron chi connectivity index (χ3n) is 4.15. The van der Waals surface area contributed by atoms with Gasteiger partial charge in [0, 0.05) is 25.0 Å². The minimum Gasteiger partial charge on any atom is -0.376 e. The van der Waals surface area contributed by atoms with Crippen molar-refractivity contribution in [3.63, 3.8) is 0 Å². The quantitative estimate of drug-likeness (QED) is 0.509. The second kappa shape index (κ2) is 10.6. The zero-order chi connectivity index (χ0) is 18.8. The Morgan fingerprint density at radius 2 is 2.00 bits per heavy atom. The molecule has 0 aliphatic carbocycles. The van der Waals surface area contributed by atoms with E-state index in [1.807, 2.05) is 25.1 Å². The van der Waals surface area contributed by atoms with E-state index in [-0.39, 0.29) is 11.5 Å². The van der Waals surface area contributed by atoms with Crippen molar-refractivity contribution in [2.45, 2.75) is 59.8 Å². The molecule has 0 fully saturated rings. The van der Waals surface area contributed by atoms with Gasteiger partial charge in [-0.15, -0.1) is 0 Å². The first-order valence-electron chi connectivity index (χ1n) is 9.21. The number of para-hydroxylation sites is 1. The number of anilines is 1. The Bertz CT molecular complexity index is 641. The highest BCUT2D eigenvalue weighted by atomic mass is 16.1. The smallest absolute Gasteiger partial charge is 0.267 e. The van der Waals surface area contributed by atoms with Gasteiger partial charge in [-0.1, -0.05) is 52.3 Å². The standard InChI is InChI=1S/C21H31N3O/c1-6-8-13-24(12-7-2)15-18(14-22)21(25)23-20-17(5)10-9-11-19(20)16(3)4/h9-11,15-16H,6-8,12-13H2,1-5H3,(H,23,25)/b18-15-. The summed E-state index contributed by atoms with van der Waals surface area (Å²) in [5.41, 5.74) is 3.07. The van der Waals surface area contributed by atoms with Crippen molar-refractivity contribution in [1.29, 1.82) is 5.26 Å². The van der Waals surface area contributed by atoms with Gasteiger partial charge in [-0.2, -0.15) is 5.26 Å². The van der Waals surface area contributed by atoms with Gasteiger partial charge in [0.05, 0.1) is 0 Å². The number of hydrogen-bond donors (Lipinski definition) is 1. The first kappa shape index (κ1) is 20.8. The van der Waals surface area contributed by atoms with Crippen LogP contribution in [0.5, 0.6) is 0 Å². The molecular formula is C21H31N3O. The Morgan fingerprint density at radius 1 is 1.28 bits per heavy atom. The van der Waals surface area contributed by atoms with Crippen molar-refractivity contribution >= 4 is 11.6 Å². The molecule has 0 saturated heterocycles. The van der Waals surface area contributed by atoms with E-state index in [4.69, 9.17) is 0 Å². The van der Waals surface area contributed by atoms with E-state index in [1.165, 1.54) is 0 Å². The Balaban J connectivity index is 3.04. The Labute approximate surface area is 152 Å². The topological polar surface area (TPSA) is 56.1 Å². The average molecular weight is 341 g/mol. The Hall–Kier alpha value is -2.28. The molecule has 0 spiro atoms. The number of carbonyl (C=O) groups excluding carboxylic acids is 1. The highest BCUT2D eigenvalue weighted by Crippen LogP contribution is 2.27. The molecule has 0 unspecified atom stereocenters. The number of unbranched alkanes of at least 4 members (excludes halogenated alkanes) is 1. The van der Waals surface area contributed by atoms with Crippen molar-refractivity contribution < 1.29 is 4.79 Å². The van der Waals surface area contributed by atoms with Gasteiger partial charge in [0.2, 0.25) is 0 Å². The monoisotopic (exact) mass is 341 g/mol. The maximum absolute atomic E-state index is 12.7. The van der Waals surface area contributed by atoms with Crippen LogP contribution >= 0.6 is 0 Å². The van der Waals surface area contributed by atoms with Crippen LogP contribution in [-0.2, 0) is 4.79 Å². The van der Waals surface area contributed by atoms with Crippen LogP contribution in [0, 0.1) is 18.3 Å². The van der Waals surface area contributed by atoms with E-state index >= 15 is 0 Å². The van der Waals surface area contributed by atoms with E-state index in [0.717, 1.165) is 49.2 Å². The third kappa shape index (κ3) is 6.26. The van der Waals surface area contributed by atoms with E-state index in [0.29, 0.717) is 5.92 Å². The molecule has 0 heterocycles. The molecule has 0 radical (unpaired) electrons. The molecule has 136 valence electrons. The summed E-state index contributed by atoms with van der Waals surface area (Å²) in [6.45, 7) is 12.1. The van der Waals surface area contributed by atoms with E-state index in [2.05, 4.69) is 44.0 Å². The molecule has 1 N–H and O–H groups in total. The van der Waals surface area contributed by atoms with Crippen LogP contribution in [0.25, 0.3) is 0 Å². The van der Waals surface area contributed by atoms with Crippen LogP contribution < -0.4 is 5.32 Å². The summed E-state index contributed by atoms with van der Waals surface area (Å²) in [4.78, 5) is 14.7. The summed E-state index contributed by atoms with van der Waals surface area (Å²) in [5.74, 6) is -0.0397. The number of benzene rings is 1. The molecule has 0 saturated carbocycles. The zero-order valence-electron chi connectivity index (χ0n) is 16.2. The molecule has 25 heavy (non-hydrogen) atoms. The lowest BCUT2D eigenvalue weighted by molar-refractivity contribution is -0.112. The van der Waals surface area contributed by atoms with Gasteiger partial charge >= 0.3 is 0 Å². The molecule has 0 aliphatic heterocycles. The summed E-state index contributed by atoms with van der Waals surface area (Å²) in [5, 5.41) is 12.4. The van der Waals surface area contributed by atoms with Crippen molar-refractivity contribution in [2.24, 2.45) is 0 Å². The number of nitrogens with one attached hydrogen (secondary N) is 1. The largest absolute Gasteiger partial charge is 0.376 e.